The minimum Gasteiger partial charge on any atom is -0.356 e. The van der Waals surface area contributed by atoms with Gasteiger partial charge in [-0.15, -0.1) is 0 Å². The van der Waals surface area contributed by atoms with Crippen molar-refractivity contribution in [1.29, 1.82) is 0 Å². The summed E-state index contributed by atoms with van der Waals surface area (Å²) in [5, 5.41) is 0. The molecule has 0 fully saturated rings. The molecule has 2 rings (SSSR count). The Morgan fingerprint density at radius 2 is 1.94 bits per heavy atom. The van der Waals surface area contributed by atoms with Crippen LogP contribution in [0, 0.1) is 6.92 Å². The second-order valence-electron chi connectivity index (χ2n) is 3.85. The Kier molecular flexibility index (Phi) is 2.91. The lowest BCUT2D eigenvalue weighted by atomic mass is 9.99. The third kappa shape index (κ3) is 1.67. The lowest BCUT2D eigenvalue weighted by Gasteiger charge is -2.03. The number of aldehydes is 1. The van der Waals surface area contributed by atoms with Crippen LogP contribution in [0.1, 0.15) is 28.7 Å². The molecule has 1 aromatic carbocycles. The minimum atomic E-state index is 0.681. The quantitative estimate of drug-likeness (QED) is 0.779. The Bertz CT molecular complexity index is 497. The second-order valence-corrected chi connectivity index (χ2v) is 3.85. The van der Waals surface area contributed by atoms with E-state index in [1.165, 1.54) is 5.56 Å². The van der Waals surface area contributed by atoms with E-state index in [1.54, 1.807) is 0 Å². The highest BCUT2D eigenvalue weighted by molar-refractivity contribution is 5.88. The average Bonchev–Trinajstić information content (AvgIpc) is 2.66. The van der Waals surface area contributed by atoms with Gasteiger partial charge in [-0.1, -0.05) is 37.3 Å². The summed E-state index contributed by atoms with van der Waals surface area (Å²) in [4.78, 5) is 14.2. The van der Waals surface area contributed by atoms with Crippen LogP contribution < -0.4 is 0 Å². The van der Waals surface area contributed by atoms with Crippen molar-refractivity contribution in [3.05, 3.63) is 47.3 Å². The summed E-state index contributed by atoms with van der Waals surface area (Å²) in [5.41, 5.74) is 5.15. The third-order valence-corrected chi connectivity index (χ3v) is 2.88. The maximum atomic E-state index is 11.1. The zero-order valence-corrected chi connectivity index (χ0v) is 9.58. The molecule has 2 nitrogen and oxygen atoms in total. The largest absolute Gasteiger partial charge is 0.356 e. The monoisotopic (exact) mass is 213 g/mol. The van der Waals surface area contributed by atoms with Crippen molar-refractivity contribution >= 4 is 6.29 Å². The Labute approximate surface area is 95.3 Å². The maximum Gasteiger partial charge on any atom is 0.166 e. The number of carbonyl (C=O) groups is 1. The number of H-pyrrole nitrogens is 1. The summed E-state index contributed by atoms with van der Waals surface area (Å²) >= 11 is 0. The molecule has 82 valence electrons. The fourth-order valence-electron chi connectivity index (χ4n) is 2.15. The molecule has 0 aliphatic carbocycles. The van der Waals surface area contributed by atoms with E-state index in [4.69, 9.17) is 0 Å². The van der Waals surface area contributed by atoms with Crippen LogP contribution in [0.15, 0.2) is 30.3 Å². The zero-order valence-electron chi connectivity index (χ0n) is 9.58. The van der Waals surface area contributed by atoms with Crippen LogP contribution in [0.25, 0.3) is 11.1 Å². The molecule has 1 heterocycles. The number of aromatic nitrogens is 1. The Balaban J connectivity index is 2.67. The fourth-order valence-corrected chi connectivity index (χ4v) is 2.15. The van der Waals surface area contributed by atoms with E-state index in [1.807, 2.05) is 37.3 Å². The first-order valence-corrected chi connectivity index (χ1v) is 5.50. The molecule has 0 radical (unpaired) electrons. The van der Waals surface area contributed by atoms with Crippen LogP contribution in [0.4, 0.5) is 0 Å². The number of aryl methyl sites for hydroxylation is 1. The van der Waals surface area contributed by atoms with Gasteiger partial charge in [-0.05, 0) is 24.5 Å². The minimum absolute atomic E-state index is 0.681. The van der Waals surface area contributed by atoms with E-state index in [0.717, 1.165) is 29.5 Å². The molecule has 0 spiro atoms. The highest BCUT2D eigenvalue weighted by Crippen LogP contribution is 2.29. The highest BCUT2D eigenvalue weighted by atomic mass is 16.1. The van der Waals surface area contributed by atoms with E-state index < -0.39 is 0 Å². The Morgan fingerprint density at radius 3 is 2.50 bits per heavy atom. The van der Waals surface area contributed by atoms with E-state index in [9.17, 15) is 4.79 Å². The molecule has 1 N–H and O–H groups in total. The van der Waals surface area contributed by atoms with E-state index in [0.29, 0.717) is 5.69 Å². The molecular formula is C14H15NO. The van der Waals surface area contributed by atoms with Gasteiger partial charge in [0.05, 0.1) is 5.69 Å². The van der Waals surface area contributed by atoms with Crippen LogP contribution in [-0.4, -0.2) is 11.3 Å². The normalized spacial score (nSPS) is 10.4. The Morgan fingerprint density at radius 1 is 1.25 bits per heavy atom. The molecule has 0 bridgehead atoms. The predicted molar refractivity (Wildman–Crippen MR) is 65.7 cm³/mol. The smallest absolute Gasteiger partial charge is 0.166 e. The lowest BCUT2D eigenvalue weighted by Crippen LogP contribution is -1.87. The zero-order chi connectivity index (χ0) is 11.5. The van der Waals surface area contributed by atoms with Gasteiger partial charge in [-0.3, -0.25) is 4.79 Å². The number of aromatic amines is 1. The van der Waals surface area contributed by atoms with Crippen LogP contribution in [0.3, 0.4) is 0 Å². The molecule has 0 unspecified atom stereocenters. The summed E-state index contributed by atoms with van der Waals surface area (Å²) in [7, 11) is 0. The molecule has 0 atom stereocenters. The van der Waals surface area contributed by atoms with Gasteiger partial charge in [-0.25, -0.2) is 0 Å². The van der Waals surface area contributed by atoms with Gasteiger partial charge in [-0.2, -0.15) is 0 Å². The second kappa shape index (κ2) is 4.35. The summed E-state index contributed by atoms with van der Waals surface area (Å²) in [6.45, 7) is 4.12. The van der Waals surface area contributed by atoms with Crippen molar-refractivity contribution in [3.8, 4) is 11.1 Å². The molecule has 1 aromatic heterocycles. The number of hydrogen-bond donors (Lipinski definition) is 1. The summed E-state index contributed by atoms with van der Waals surface area (Å²) in [5.74, 6) is 0. The van der Waals surface area contributed by atoms with Crippen molar-refractivity contribution in [1.82, 2.24) is 4.98 Å². The van der Waals surface area contributed by atoms with E-state index in [2.05, 4.69) is 11.9 Å². The first kappa shape index (κ1) is 10.7. The molecule has 0 amide bonds. The summed E-state index contributed by atoms with van der Waals surface area (Å²) in [6.07, 6.45) is 1.83. The molecule has 0 saturated heterocycles. The standard InChI is InChI=1S/C14H15NO/c1-3-12-10(2)15-13(9-16)14(12)11-7-5-4-6-8-11/h4-9,15H,3H2,1-2H3. The van der Waals surface area contributed by atoms with Gasteiger partial charge < -0.3 is 4.98 Å². The van der Waals surface area contributed by atoms with E-state index >= 15 is 0 Å². The van der Waals surface area contributed by atoms with Gasteiger partial charge in [0, 0.05) is 11.3 Å². The number of nitrogens with one attached hydrogen (secondary N) is 1. The van der Waals surface area contributed by atoms with Crippen molar-refractivity contribution in [3.63, 3.8) is 0 Å². The number of rotatable bonds is 3. The van der Waals surface area contributed by atoms with Gasteiger partial charge in [0.2, 0.25) is 0 Å². The third-order valence-electron chi connectivity index (χ3n) is 2.88. The maximum absolute atomic E-state index is 11.1. The van der Waals surface area contributed by atoms with Crippen molar-refractivity contribution in [2.45, 2.75) is 20.3 Å². The molecule has 2 heteroatoms. The first-order chi connectivity index (χ1) is 7.77. The van der Waals surface area contributed by atoms with Crippen molar-refractivity contribution in [2.24, 2.45) is 0 Å². The molecule has 0 saturated carbocycles. The molecule has 0 aliphatic heterocycles. The van der Waals surface area contributed by atoms with Gasteiger partial charge in [0.25, 0.3) is 0 Å². The molecule has 0 aliphatic rings. The number of benzene rings is 1. The Hall–Kier alpha value is -1.83. The van der Waals surface area contributed by atoms with Crippen LogP contribution in [-0.2, 0) is 6.42 Å². The highest BCUT2D eigenvalue weighted by Gasteiger charge is 2.14. The number of carbonyl (C=O) groups excluding carboxylic acids is 1. The van der Waals surface area contributed by atoms with Crippen LogP contribution in [0.5, 0.6) is 0 Å². The number of hydrogen-bond acceptors (Lipinski definition) is 1. The average molecular weight is 213 g/mol. The fraction of sp³-hybridized carbons (Fsp3) is 0.214. The topological polar surface area (TPSA) is 32.9 Å². The van der Waals surface area contributed by atoms with Gasteiger partial charge in [0.1, 0.15) is 0 Å². The van der Waals surface area contributed by atoms with E-state index in [-0.39, 0.29) is 0 Å². The van der Waals surface area contributed by atoms with Crippen molar-refractivity contribution in [2.75, 3.05) is 0 Å². The van der Waals surface area contributed by atoms with Crippen LogP contribution >= 0.6 is 0 Å². The molecular weight excluding hydrogens is 198 g/mol. The van der Waals surface area contributed by atoms with Crippen molar-refractivity contribution < 1.29 is 4.79 Å². The molecule has 16 heavy (non-hydrogen) atoms. The molecule has 2 aromatic rings. The predicted octanol–water partition coefficient (Wildman–Crippen LogP) is 3.37. The summed E-state index contributed by atoms with van der Waals surface area (Å²) < 4.78 is 0. The van der Waals surface area contributed by atoms with Gasteiger partial charge >= 0.3 is 0 Å². The first-order valence-electron chi connectivity index (χ1n) is 5.50. The SMILES string of the molecule is CCc1c(C)[nH]c(C=O)c1-c1ccccc1. The van der Waals surface area contributed by atoms with Gasteiger partial charge in [0.15, 0.2) is 6.29 Å². The summed E-state index contributed by atoms with van der Waals surface area (Å²) in [6, 6.07) is 10.0. The lowest BCUT2D eigenvalue weighted by molar-refractivity contribution is 0.112. The van der Waals surface area contributed by atoms with Crippen LogP contribution in [0.2, 0.25) is 0 Å².